The van der Waals surface area contributed by atoms with Crippen molar-refractivity contribution in [2.45, 2.75) is 32.3 Å². The fourth-order valence-electron chi connectivity index (χ4n) is 2.23. The van der Waals surface area contributed by atoms with Crippen molar-refractivity contribution in [2.24, 2.45) is 0 Å². The van der Waals surface area contributed by atoms with Crippen LogP contribution in [-0.4, -0.2) is 54.8 Å². The van der Waals surface area contributed by atoms with Crippen LogP contribution in [0.4, 0.5) is 5.13 Å². The average Bonchev–Trinajstić information content (AvgIpc) is 2.98. The van der Waals surface area contributed by atoms with Gasteiger partial charge >= 0.3 is 5.97 Å². The molecule has 0 unspecified atom stereocenters. The van der Waals surface area contributed by atoms with E-state index in [-0.39, 0.29) is 16.7 Å². The fourth-order valence-corrected chi connectivity index (χ4v) is 3.19. The molecule has 1 fully saturated rings. The summed E-state index contributed by atoms with van der Waals surface area (Å²) >= 11 is 1.07. The minimum atomic E-state index is -1.12. The number of piperidine rings is 1. The number of carboxylic acid groups (broad SMARTS) is 1. The summed E-state index contributed by atoms with van der Waals surface area (Å²) in [6.07, 6.45) is 3.16. The number of thiazole rings is 1. The van der Waals surface area contributed by atoms with Crippen LogP contribution in [0.5, 0.6) is 0 Å². The molecule has 0 saturated carbocycles. The monoisotopic (exact) mass is 327 g/mol. The van der Waals surface area contributed by atoms with E-state index in [4.69, 9.17) is 4.74 Å². The van der Waals surface area contributed by atoms with Crippen molar-refractivity contribution in [3.63, 3.8) is 0 Å². The SMILES string of the molecule is CO[C@@H](C)CNC(=O)c1nc(N2CCCCC2)sc1C(=O)O. The van der Waals surface area contributed by atoms with Crippen LogP contribution in [0.15, 0.2) is 0 Å². The lowest BCUT2D eigenvalue weighted by Gasteiger charge is -2.25. The highest BCUT2D eigenvalue weighted by molar-refractivity contribution is 7.17. The molecule has 7 nitrogen and oxygen atoms in total. The summed E-state index contributed by atoms with van der Waals surface area (Å²) in [7, 11) is 1.55. The van der Waals surface area contributed by atoms with Crippen LogP contribution in [0.1, 0.15) is 46.3 Å². The molecule has 1 saturated heterocycles. The number of nitrogens with one attached hydrogen (secondary N) is 1. The number of hydrogen-bond donors (Lipinski definition) is 2. The summed E-state index contributed by atoms with van der Waals surface area (Å²) in [5.74, 6) is -1.59. The first kappa shape index (κ1) is 16.7. The molecule has 0 aliphatic carbocycles. The molecule has 1 aliphatic rings. The number of rotatable bonds is 6. The second kappa shape index (κ2) is 7.55. The molecular weight excluding hydrogens is 306 g/mol. The molecule has 1 amide bonds. The normalized spacial score (nSPS) is 16.4. The van der Waals surface area contributed by atoms with E-state index in [1.54, 1.807) is 7.11 Å². The number of methoxy groups -OCH3 is 1. The van der Waals surface area contributed by atoms with Crippen LogP contribution < -0.4 is 10.2 Å². The van der Waals surface area contributed by atoms with Crippen LogP contribution in [0.25, 0.3) is 0 Å². The van der Waals surface area contributed by atoms with Crippen LogP contribution in [-0.2, 0) is 4.74 Å². The Morgan fingerprint density at radius 1 is 1.41 bits per heavy atom. The first-order chi connectivity index (χ1) is 10.5. The number of ether oxygens (including phenoxy) is 1. The van der Waals surface area contributed by atoms with E-state index >= 15 is 0 Å². The smallest absolute Gasteiger partial charge is 0.348 e. The van der Waals surface area contributed by atoms with Gasteiger partial charge in [0.2, 0.25) is 0 Å². The van der Waals surface area contributed by atoms with Gasteiger partial charge in [-0.05, 0) is 26.2 Å². The van der Waals surface area contributed by atoms with E-state index in [1.807, 2.05) is 6.92 Å². The Morgan fingerprint density at radius 3 is 2.68 bits per heavy atom. The Kier molecular flexibility index (Phi) is 5.73. The largest absolute Gasteiger partial charge is 0.477 e. The van der Waals surface area contributed by atoms with Crippen molar-refractivity contribution in [3.8, 4) is 0 Å². The Bertz CT molecular complexity index is 540. The number of aromatic carboxylic acids is 1. The molecule has 2 N–H and O–H groups in total. The van der Waals surface area contributed by atoms with Gasteiger partial charge in [0, 0.05) is 26.7 Å². The maximum Gasteiger partial charge on any atom is 0.348 e. The van der Waals surface area contributed by atoms with E-state index in [0.717, 1.165) is 37.3 Å². The molecule has 2 rings (SSSR count). The van der Waals surface area contributed by atoms with Gasteiger partial charge in [0.1, 0.15) is 4.88 Å². The lowest BCUT2D eigenvalue weighted by atomic mass is 10.1. The molecule has 0 aromatic carbocycles. The highest BCUT2D eigenvalue weighted by atomic mass is 32.1. The number of aromatic nitrogens is 1. The van der Waals surface area contributed by atoms with Crippen LogP contribution in [0.3, 0.4) is 0 Å². The zero-order chi connectivity index (χ0) is 16.1. The third-order valence-corrected chi connectivity index (χ3v) is 4.71. The molecule has 0 bridgehead atoms. The zero-order valence-electron chi connectivity index (χ0n) is 12.8. The van der Waals surface area contributed by atoms with Gasteiger partial charge in [-0.15, -0.1) is 0 Å². The number of carbonyl (C=O) groups is 2. The van der Waals surface area contributed by atoms with Gasteiger partial charge in [-0.1, -0.05) is 11.3 Å². The molecule has 22 heavy (non-hydrogen) atoms. The van der Waals surface area contributed by atoms with E-state index in [9.17, 15) is 14.7 Å². The van der Waals surface area contributed by atoms with E-state index < -0.39 is 11.9 Å². The Hall–Kier alpha value is -1.67. The highest BCUT2D eigenvalue weighted by Crippen LogP contribution is 2.28. The molecule has 1 aliphatic heterocycles. The molecule has 2 heterocycles. The quantitative estimate of drug-likeness (QED) is 0.824. The third kappa shape index (κ3) is 3.95. The van der Waals surface area contributed by atoms with Crippen LogP contribution in [0.2, 0.25) is 0 Å². The van der Waals surface area contributed by atoms with Crippen LogP contribution in [0, 0.1) is 0 Å². The molecule has 8 heteroatoms. The number of carboxylic acids is 1. The lowest BCUT2D eigenvalue weighted by Crippen LogP contribution is -2.33. The molecule has 0 radical (unpaired) electrons. The van der Waals surface area contributed by atoms with Gasteiger partial charge in [-0.3, -0.25) is 4.79 Å². The third-order valence-electron chi connectivity index (χ3n) is 3.60. The molecular formula is C14H21N3O4S. The molecule has 0 spiro atoms. The minimum absolute atomic E-state index is 0.0110. The van der Waals surface area contributed by atoms with Crippen molar-refractivity contribution in [2.75, 3.05) is 31.6 Å². The molecule has 1 aromatic rings. The van der Waals surface area contributed by atoms with Crippen molar-refractivity contribution < 1.29 is 19.4 Å². The standard InChI is InChI=1S/C14H21N3O4S/c1-9(21-2)8-15-12(18)10-11(13(19)20)22-14(16-10)17-6-4-3-5-7-17/h9H,3-8H2,1-2H3,(H,15,18)(H,19,20)/t9-/m0/s1. The summed E-state index contributed by atoms with van der Waals surface area (Å²) < 4.78 is 5.06. The zero-order valence-corrected chi connectivity index (χ0v) is 13.6. The summed E-state index contributed by atoms with van der Waals surface area (Å²) in [6.45, 7) is 3.84. The van der Waals surface area contributed by atoms with Gasteiger partial charge < -0.3 is 20.1 Å². The second-order valence-corrected chi connectivity index (χ2v) is 6.26. The highest BCUT2D eigenvalue weighted by Gasteiger charge is 2.26. The number of hydrogen-bond acceptors (Lipinski definition) is 6. The average molecular weight is 327 g/mol. The van der Waals surface area contributed by atoms with Gasteiger partial charge in [-0.2, -0.15) is 0 Å². The van der Waals surface area contributed by atoms with Gasteiger partial charge in [0.15, 0.2) is 10.8 Å². The Morgan fingerprint density at radius 2 is 2.09 bits per heavy atom. The lowest BCUT2D eigenvalue weighted by molar-refractivity contribution is 0.0694. The van der Waals surface area contributed by atoms with Crippen molar-refractivity contribution in [1.29, 1.82) is 0 Å². The first-order valence-electron chi connectivity index (χ1n) is 7.33. The minimum Gasteiger partial charge on any atom is -0.477 e. The number of carbonyl (C=O) groups excluding carboxylic acids is 1. The predicted octanol–water partition coefficient (Wildman–Crippen LogP) is 1.60. The number of amides is 1. The Balaban J connectivity index is 2.16. The topological polar surface area (TPSA) is 91.8 Å². The van der Waals surface area contributed by atoms with E-state index in [2.05, 4.69) is 15.2 Å². The van der Waals surface area contributed by atoms with E-state index in [0.29, 0.717) is 11.7 Å². The first-order valence-corrected chi connectivity index (χ1v) is 8.14. The number of nitrogens with zero attached hydrogens (tertiary/aromatic N) is 2. The van der Waals surface area contributed by atoms with Crippen molar-refractivity contribution in [3.05, 3.63) is 10.6 Å². The summed E-state index contributed by atoms with van der Waals surface area (Å²) in [5, 5.41) is 12.6. The molecule has 1 atom stereocenters. The summed E-state index contributed by atoms with van der Waals surface area (Å²) in [6, 6.07) is 0. The maximum absolute atomic E-state index is 12.2. The van der Waals surface area contributed by atoms with E-state index in [1.165, 1.54) is 6.42 Å². The maximum atomic E-state index is 12.2. The van der Waals surface area contributed by atoms with Crippen LogP contribution >= 0.6 is 11.3 Å². The summed E-state index contributed by atoms with van der Waals surface area (Å²) in [4.78, 5) is 29.9. The Labute approximate surface area is 133 Å². The molecule has 1 aromatic heterocycles. The van der Waals surface area contributed by atoms with Gasteiger partial charge in [0.25, 0.3) is 5.91 Å². The van der Waals surface area contributed by atoms with Crippen molar-refractivity contribution >= 4 is 28.3 Å². The van der Waals surface area contributed by atoms with Gasteiger partial charge in [0.05, 0.1) is 6.10 Å². The summed E-state index contributed by atoms with van der Waals surface area (Å²) in [5.41, 5.74) is -0.0126. The predicted molar refractivity (Wildman–Crippen MR) is 83.9 cm³/mol. The number of anilines is 1. The second-order valence-electron chi connectivity index (χ2n) is 5.28. The van der Waals surface area contributed by atoms with Crippen molar-refractivity contribution in [1.82, 2.24) is 10.3 Å². The van der Waals surface area contributed by atoms with Gasteiger partial charge in [-0.25, -0.2) is 9.78 Å². The fraction of sp³-hybridized carbons (Fsp3) is 0.643. The molecule has 122 valence electrons.